The van der Waals surface area contributed by atoms with Gasteiger partial charge in [-0.05, 0) is 67.3 Å². The molecular weight excluding hydrogens is 556 g/mol. The average molecular weight is 585 g/mol. The van der Waals surface area contributed by atoms with Gasteiger partial charge in [-0.3, -0.25) is 14.7 Å². The van der Waals surface area contributed by atoms with E-state index in [1.807, 2.05) is 13.0 Å². The molecule has 2 aromatic carbocycles. The quantitative estimate of drug-likeness (QED) is 0.246. The average Bonchev–Trinajstić information content (AvgIpc) is 3.42. The van der Waals surface area contributed by atoms with E-state index in [1.165, 1.54) is 23.5 Å². The molecule has 1 unspecified atom stereocenters. The molecule has 0 bridgehead atoms. The molecule has 1 aliphatic rings. The SMILES string of the molecule is CCC1CCCCN1S(=O)(=O)c1ccc(C(=O)N(Cc2cccnc2)c2nc3c(OC)ccc(Cl)c3s2)cc1. The Morgan fingerprint density at radius 1 is 1.18 bits per heavy atom. The second-order valence-corrected chi connectivity index (χ2v) is 12.6. The molecule has 0 radical (unpaired) electrons. The van der Waals surface area contributed by atoms with Crippen LogP contribution < -0.4 is 9.64 Å². The fourth-order valence-electron chi connectivity index (χ4n) is 4.88. The number of carbonyl (C=O) groups is 1. The minimum atomic E-state index is -3.66. The number of anilines is 1. The van der Waals surface area contributed by atoms with Crippen molar-refractivity contribution in [2.45, 2.75) is 50.1 Å². The van der Waals surface area contributed by atoms with Crippen molar-refractivity contribution in [1.29, 1.82) is 0 Å². The zero-order chi connectivity index (χ0) is 27.6. The number of nitrogens with zero attached hydrogens (tertiary/aromatic N) is 4. The summed E-state index contributed by atoms with van der Waals surface area (Å²) in [6.07, 6.45) is 6.89. The predicted molar refractivity (Wildman–Crippen MR) is 154 cm³/mol. The van der Waals surface area contributed by atoms with Crippen LogP contribution in [-0.2, 0) is 16.6 Å². The molecule has 0 spiro atoms. The van der Waals surface area contributed by atoms with Gasteiger partial charge >= 0.3 is 0 Å². The van der Waals surface area contributed by atoms with Crippen LogP contribution in [-0.4, -0.2) is 48.3 Å². The molecule has 0 N–H and O–H groups in total. The van der Waals surface area contributed by atoms with Gasteiger partial charge in [-0.25, -0.2) is 13.4 Å². The van der Waals surface area contributed by atoms with Crippen LogP contribution in [0, 0.1) is 0 Å². The number of ether oxygens (including phenoxy) is 1. The molecule has 0 saturated carbocycles. The highest BCUT2D eigenvalue weighted by molar-refractivity contribution is 7.89. The fourth-order valence-corrected chi connectivity index (χ4v) is 7.90. The van der Waals surface area contributed by atoms with E-state index in [0.29, 0.717) is 38.2 Å². The van der Waals surface area contributed by atoms with E-state index in [-0.39, 0.29) is 23.4 Å². The zero-order valence-electron chi connectivity index (χ0n) is 21.7. The molecule has 4 aromatic rings. The molecule has 11 heteroatoms. The summed E-state index contributed by atoms with van der Waals surface area (Å²) < 4.78 is 34.6. The highest BCUT2D eigenvalue weighted by Gasteiger charge is 2.33. The number of thiazole rings is 1. The largest absolute Gasteiger partial charge is 0.494 e. The lowest BCUT2D eigenvalue weighted by Gasteiger charge is -2.34. The first kappa shape index (κ1) is 27.5. The first-order valence-electron chi connectivity index (χ1n) is 12.8. The first-order valence-corrected chi connectivity index (χ1v) is 15.4. The van der Waals surface area contributed by atoms with Crippen molar-refractivity contribution in [1.82, 2.24) is 14.3 Å². The van der Waals surface area contributed by atoms with E-state index in [4.69, 9.17) is 21.3 Å². The van der Waals surface area contributed by atoms with Crippen molar-refractivity contribution in [2.75, 3.05) is 18.6 Å². The third-order valence-electron chi connectivity index (χ3n) is 6.96. The number of benzene rings is 2. The molecule has 5 rings (SSSR count). The van der Waals surface area contributed by atoms with Gasteiger partial charge in [0, 0.05) is 30.5 Å². The molecule has 204 valence electrons. The Balaban J connectivity index is 1.50. The summed E-state index contributed by atoms with van der Waals surface area (Å²) >= 11 is 7.74. The van der Waals surface area contributed by atoms with Crippen LogP contribution in [0.2, 0.25) is 5.02 Å². The smallest absolute Gasteiger partial charge is 0.260 e. The number of rotatable bonds is 8. The lowest BCUT2D eigenvalue weighted by molar-refractivity contribution is 0.0985. The van der Waals surface area contributed by atoms with Crippen LogP contribution in [0.5, 0.6) is 5.75 Å². The number of sulfonamides is 1. The summed E-state index contributed by atoms with van der Waals surface area (Å²) in [4.78, 5) is 24.5. The Labute approximate surface area is 237 Å². The number of aromatic nitrogens is 2. The molecule has 1 aliphatic heterocycles. The normalized spacial score (nSPS) is 16.3. The number of amides is 1. The summed E-state index contributed by atoms with van der Waals surface area (Å²) in [5.74, 6) is 0.240. The van der Waals surface area contributed by atoms with E-state index in [2.05, 4.69) is 4.98 Å². The molecule has 1 amide bonds. The third-order valence-corrected chi connectivity index (χ3v) is 10.5. The molecular formula is C28H29ClN4O4S2. The van der Waals surface area contributed by atoms with Crippen LogP contribution in [0.1, 0.15) is 48.5 Å². The minimum absolute atomic E-state index is 0.00267. The maximum atomic E-state index is 13.9. The summed E-state index contributed by atoms with van der Waals surface area (Å²) in [5.41, 5.74) is 1.74. The monoisotopic (exact) mass is 584 g/mol. The Bertz CT molecular complexity index is 1580. The second kappa shape index (κ2) is 11.6. The predicted octanol–water partition coefficient (Wildman–Crippen LogP) is 6.15. The molecule has 1 saturated heterocycles. The Hall–Kier alpha value is -3.05. The highest BCUT2D eigenvalue weighted by Crippen LogP contribution is 2.39. The van der Waals surface area contributed by atoms with Gasteiger partial charge in [0.1, 0.15) is 11.3 Å². The lowest BCUT2D eigenvalue weighted by atomic mass is 10.0. The van der Waals surface area contributed by atoms with Crippen LogP contribution in [0.4, 0.5) is 5.13 Å². The van der Waals surface area contributed by atoms with Gasteiger partial charge in [-0.1, -0.05) is 42.3 Å². The summed E-state index contributed by atoms with van der Waals surface area (Å²) in [7, 11) is -2.10. The van der Waals surface area contributed by atoms with Crippen molar-refractivity contribution < 1.29 is 17.9 Å². The Morgan fingerprint density at radius 3 is 2.67 bits per heavy atom. The van der Waals surface area contributed by atoms with Crippen molar-refractivity contribution in [2.24, 2.45) is 0 Å². The van der Waals surface area contributed by atoms with Crippen LogP contribution in [0.3, 0.4) is 0 Å². The van der Waals surface area contributed by atoms with E-state index in [1.54, 1.807) is 59.0 Å². The van der Waals surface area contributed by atoms with Gasteiger partial charge in [-0.15, -0.1) is 0 Å². The maximum Gasteiger partial charge on any atom is 0.260 e. The first-order chi connectivity index (χ1) is 18.8. The topological polar surface area (TPSA) is 92.7 Å². The van der Waals surface area contributed by atoms with Gasteiger partial charge in [0.2, 0.25) is 10.0 Å². The van der Waals surface area contributed by atoms with Gasteiger partial charge in [0.15, 0.2) is 5.13 Å². The Morgan fingerprint density at radius 2 is 1.97 bits per heavy atom. The molecule has 3 heterocycles. The van der Waals surface area contributed by atoms with Gasteiger partial charge in [0.05, 0.1) is 28.3 Å². The number of hydrogen-bond acceptors (Lipinski definition) is 7. The second-order valence-electron chi connectivity index (χ2n) is 9.37. The number of piperidine rings is 1. The zero-order valence-corrected chi connectivity index (χ0v) is 24.1. The molecule has 8 nitrogen and oxygen atoms in total. The molecule has 2 aromatic heterocycles. The van der Waals surface area contributed by atoms with Crippen LogP contribution in [0.25, 0.3) is 10.2 Å². The summed E-state index contributed by atoms with van der Waals surface area (Å²) in [6, 6.07) is 13.3. The molecule has 1 atom stereocenters. The molecule has 1 fully saturated rings. The van der Waals surface area contributed by atoms with Crippen molar-refractivity contribution >= 4 is 54.2 Å². The number of halogens is 1. The van der Waals surface area contributed by atoms with E-state index >= 15 is 0 Å². The minimum Gasteiger partial charge on any atom is -0.494 e. The number of pyridine rings is 1. The maximum absolute atomic E-state index is 13.9. The summed E-state index contributed by atoms with van der Waals surface area (Å²) in [6.45, 7) is 2.75. The standard InChI is InChI=1S/C28H29ClN4O4S2/c1-3-21-8-4-5-16-33(21)39(35,36)22-11-9-20(10-12-22)27(34)32(18-19-7-6-15-30-17-19)28-31-25-24(37-2)14-13-23(29)26(25)38-28/h6-7,9-15,17,21H,3-5,8,16,18H2,1-2H3. The highest BCUT2D eigenvalue weighted by atomic mass is 35.5. The molecule has 39 heavy (non-hydrogen) atoms. The number of hydrogen-bond donors (Lipinski definition) is 0. The van der Waals surface area contributed by atoms with Crippen LogP contribution in [0.15, 0.2) is 65.8 Å². The molecule has 0 aliphatic carbocycles. The van der Waals surface area contributed by atoms with E-state index in [0.717, 1.165) is 31.2 Å². The van der Waals surface area contributed by atoms with Crippen molar-refractivity contribution in [3.8, 4) is 5.75 Å². The Kier molecular flexibility index (Phi) is 8.18. The van der Waals surface area contributed by atoms with Gasteiger partial charge < -0.3 is 4.74 Å². The fraction of sp³-hybridized carbons (Fsp3) is 0.321. The third kappa shape index (κ3) is 5.51. The van der Waals surface area contributed by atoms with Crippen molar-refractivity contribution in [3.63, 3.8) is 0 Å². The van der Waals surface area contributed by atoms with Gasteiger partial charge in [0.25, 0.3) is 5.91 Å². The lowest BCUT2D eigenvalue weighted by Crippen LogP contribution is -2.43. The van der Waals surface area contributed by atoms with Gasteiger partial charge in [-0.2, -0.15) is 4.31 Å². The van der Waals surface area contributed by atoms with Crippen molar-refractivity contribution in [3.05, 3.63) is 77.1 Å². The van der Waals surface area contributed by atoms with Crippen LogP contribution >= 0.6 is 22.9 Å². The number of fused-ring (bicyclic) bond motifs is 1. The number of methoxy groups -OCH3 is 1. The van der Waals surface area contributed by atoms with E-state index in [9.17, 15) is 13.2 Å². The summed E-state index contributed by atoms with van der Waals surface area (Å²) in [5, 5.41) is 0.960. The van der Waals surface area contributed by atoms with E-state index < -0.39 is 10.0 Å². The number of carbonyl (C=O) groups excluding carboxylic acids is 1.